The number of carboxylic acid groups (broad SMARTS) is 1. The lowest BCUT2D eigenvalue weighted by Crippen LogP contribution is -2.62. The predicted octanol–water partition coefficient (Wildman–Crippen LogP) is 3.31. The average Bonchev–Trinajstić information content (AvgIpc) is 3.67. The van der Waals surface area contributed by atoms with Crippen LogP contribution < -0.4 is 32.3 Å². The van der Waals surface area contributed by atoms with Gasteiger partial charge >= 0.3 is 5.97 Å². The maximum atomic E-state index is 14.7. The van der Waals surface area contributed by atoms with Crippen molar-refractivity contribution in [2.24, 2.45) is 11.7 Å². The molecule has 4 aromatic carbocycles. The van der Waals surface area contributed by atoms with Gasteiger partial charge in [0.05, 0.1) is 17.7 Å². The molecule has 0 fully saturated rings. The highest BCUT2D eigenvalue weighted by Crippen LogP contribution is 2.37. The number of hydrogen-bond donors (Lipinski definition) is 10. The first-order valence-corrected chi connectivity index (χ1v) is 21.2. The number of aliphatic hydroxyl groups excluding tert-OH is 1. The largest absolute Gasteiger partial charge is 0.480 e. The number of aliphatic carboxylic acids is 1. The van der Waals surface area contributed by atoms with E-state index in [1.165, 1.54) is 6.92 Å². The van der Waals surface area contributed by atoms with Crippen molar-refractivity contribution in [3.05, 3.63) is 143 Å². The Morgan fingerprint density at radius 2 is 1.23 bits per heavy atom. The van der Waals surface area contributed by atoms with Crippen molar-refractivity contribution >= 4 is 53.1 Å². The van der Waals surface area contributed by atoms with E-state index >= 15 is 0 Å². The van der Waals surface area contributed by atoms with Gasteiger partial charge < -0.3 is 42.2 Å². The van der Waals surface area contributed by atoms with Crippen LogP contribution in [0.2, 0.25) is 0 Å². The molecule has 5 aromatic rings. The molecule has 0 saturated heterocycles. The highest BCUT2D eigenvalue weighted by Gasteiger charge is 2.39. The Labute approximate surface area is 367 Å². The predicted molar refractivity (Wildman–Crippen MR) is 242 cm³/mol. The van der Waals surface area contributed by atoms with Gasteiger partial charge in [0.1, 0.15) is 24.2 Å². The van der Waals surface area contributed by atoms with Crippen LogP contribution in [-0.2, 0) is 35.9 Å². The van der Waals surface area contributed by atoms with Crippen LogP contribution in [0, 0.1) is 12.8 Å². The van der Waals surface area contributed by atoms with Crippen molar-refractivity contribution in [1.82, 2.24) is 31.6 Å². The van der Waals surface area contributed by atoms with Gasteiger partial charge in [-0.25, -0.2) is 4.79 Å². The number of carboxylic acids is 1. The minimum absolute atomic E-state index is 0.0770. The SMILES string of the molecule is Cc1ccc(C(NC[C@H](NC(=O)[C@H](Cc2c[nH]c3ccccc23)NC(=O)[C@@H](NC(=O)[C@@H](N)CC(C)C)[C@@H](C)O)C(=O)N[C@@H](CS)C(=O)O)(c2ccccc2)c2ccccc2)cc1. The normalized spacial score (nSPS) is 14.5. The van der Waals surface area contributed by atoms with Gasteiger partial charge in [0, 0.05) is 35.8 Å². The van der Waals surface area contributed by atoms with Crippen LogP contribution in [0.3, 0.4) is 0 Å². The molecule has 1 heterocycles. The van der Waals surface area contributed by atoms with Gasteiger partial charge in [-0.1, -0.05) is 123 Å². The van der Waals surface area contributed by atoms with Crippen LogP contribution >= 0.6 is 12.6 Å². The summed E-state index contributed by atoms with van der Waals surface area (Å²) in [6, 6.07) is 27.9. The maximum Gasteiger partial charge on any atom is 0.327 e. The topological polar surface area (TPSA) is 228 Å². The van der Waals surface area contributed by atoms with Gasteiger partial charge in [-0.05, 0) is 54.5 Å². The van der Waals surface area contributed by atoms with E-state index in [0.29, 0.717) is 12.0 Å². The molecule has 0 saturated carbocycles. The Morgan fingerprint density at radius 1 is 0.694 bits per heavy atom. The third kappa shape index (κ3) is 11.7. The van der Waals surface area contributed by atoms with Gasteiger partial charge in [-0.15, -0.1) is 0 Å². The summed E-state index contributed by atoms with van der Waals surface area (Å²) in [5.41, 5.74) is 9.95. The van der Waals surface area contributed by atoms with Crippen LogP contribution in [0.15, 0.2) is 115 Å². The molecule has 5 rings (SSSR count). The number of carbonyl (C=O) groups excluding carboxylic acids is 4. The molecule has 0 unspecified atom stereocenters. The van der Waals surface area contributed by atoms with Gasteiger partial charge in [-0.3, -0.25) is 24.5 Å². The van der Waals surface area contributed by atoms with Gasteiger partial charge in [0.2, 0.25) is 23.6 Å². The fraction of sp³-hybridized carbons (Fsp3) is 0.340. The van der Waals surface area contributed by atoms with E-state index in [1.54, 1.807) is 6.20 Å². The van der Waals surface area contributed by atoms with E-state index in [2.05, 4.69) is 44.2 Å². The van der Waals surface area contributed by atoms with Crippen molar-refractivity contribution < 1.29 is 34.2 Å². The van der Waals surface area contributed by atoms with Crippen molar-refractivity contribution in [1.29, 1.82) is 0 Å². The number of H-pyrrole nitrogens is 1. The first-order chi connectivity index (χ1) is 29.6. The molecular formula is C47H57N7O7S. The van der Waals surface area contributed by atoms with Gasteiger partial charge in [-0.2, -0.15) is 12.6 Å². The number of para-hydroxylation sites is 1. The summed E-state index contributed by atoms with van der Waals surface area (Å²) >= 11 is 4.15. The van der Waals surface area contributed by atoms with E-state index in [0.717, 1.165) is 33.2 Å². The number of aliphatic hydroxyl groups is 1. The minimum Gasteiger partial charge on any atom is -0.480 e. The van der Waals surface area contributed by atoms with Crippen molar-refractivity contribution in [2.75, 3.05) is 12.3 Å². The number of carbonyl (C=O) groups is 5. The molecule has 15 heteroatoms. The van der Waals surface area contributed by atoms with Crippen LogP contribution in [0.4, 0.5) is 0 Å². The zero-order chi connectivity index (χ0) is 45.0. The number of fused-ring (bicyclic) bond motifs is 1. The van der Waals surface area contributed by atoms with Crippen molar-refractivity contribution in [2.45, 2.75) is 82.4 Å². The smallest absolute Gasteiger partial charge is 0.327 e. The summed E-state index contributed by atoms with van der Waals surface area (Å²) in [5, 5.41) is 35.6. The number of thiol groups is 1. The third-order valence-corrected chi connectivity index (χ3v) is 11.1. The molecule has 62 heavy (non-hydrogen) atoms. The fourth-order valence-corrected chi connectivity index (χ4v) is 7.70. The number of nitrogens with two attached hydrogens (primary N) is 1. The zero-order valence-electron chi connectivity index (χ0n) is 35.3. The average molecular weight is 864 g/mol. The Balaban J connectivity index is 1.55. The van der Waals surface area contributed by atoms with Crippen LogP contribution in [-0.4, -0.2) is 93.4 Å². The van der Waals surface area contributed by atoms with Gasteiger partial charge in [0.25, 0.3) is 0 Å². The van der Waals surface area contributed by atoms with Gasteiger partial charge in [0.15, 0.2) is 0 Å². The number of rotatable bonds is 21. The first kappa shape index (κ1) is 47.1. The standard InChI is InChI=1S/C47H57N7O7S/c1-28(2)23-36(48)42(56)54-41(30(4)55)45(59)51-38(24-31-25-49-37-18-12-11-17-35(31)37)43(57)52-39(44(58)53-40(27-62)46(60)61)26-50-47(32-13-7-5-8-14-32,33-15-9-6-10-16-33)34-21-19-29(3)20-22-34/h5-22,25,28,30,36,38-41,49-50,55,62H,23-24,26-27,48H2,1-4H3,(H,51,59)(H,52,57)(H,53,58)(H,54,56)(H,60,61)/t30-,36+,38+,39+,40+,41+/m1/s1. The van der Waals surface area contributed by atoms with E-state index in [4.69, 9.17) is 5.73 Å². The summed E-state index contributed by atoms with van der Waals surface area (Å²) in [6.45, 7) is 6.87. The monoisotopic (exact) mass is 863 g/mol. The second-order valence-corrected chi connectivity index (χ2v) is 16.3. The molecule has 328 valence electrons. The molecule has 0 radical (unpaired) electrons. The zero-order valence-corrected chi connectivity index (χ0v) is 36.2. The maximum absolute atomic E-state index is 14.7. The van der Waals surface area contributed by atoms with Crippen LogP contribution in [0.1, 0.15) is 55.0 Å². The van der Waals surface area contributed by atoms with Crippen LogP contribution in [0.5, 0.6) is 0 Å². The Bertz CT molecular complexity index is 2250. The molecule has 6 atom stereocenters. The minimum atomic E-state index is -1.49. The van der Waals surface area contributed by atoms with E-state index in [1.807, 2.05) is 130 Å². The van der Waals surface area contributed by atoms with E-state index in [9.17, 15) is 34.2 Å². The molecular weight excluding hydrogens is 807 g/mol. The Morgan fingerprint density at radius 3 is 1.79 bits per heavy atom. The second kappa shape index (κ2) is 21.7. The Hall–Kier alpha value is -6.00. The quantitative estimate of drug-likeness (QED) is 0.0385. The molecule has 10 N–H and O–H groups in total. The summed E-state index contributed by atoms with van der Waals surface area (Å²) in [5.74, 6) is -4.60. The number of nitrogens with one attached hydrogen (secondary N) is 6. The summed E-state index contributed by atoms with van der Waals surface area (Å²) in [7, 11) is 0. The lowest BCUT2D eigenvalue weighted by atomic mass is 9.76. The first-order valence-electron chi connectivity index (χ1n) is 20.6. The fourth-order valence-electron chi connectivity index (χ4n) is 7.45. The molecule has 4 amide bonds. The third-order valence-electron chi connectivity index (χ3n) is 10.8. The number of aromatic amines is 1. The number of aromatic nitrogens is 1. The molecule has 0 spiro atoms. The molecule has 0 aliphatic rings. The van der Waals surface area contributed by atoms with Crippen LogP contribution in [0.25, 0.3) is 10.9 Å². The lowest BCUT2D eigenvalue weighted by molar-refractivity contribution is -0.141. The molecule has 0 aliphatic carbocycles. The molecule has 14 nitrogen and oxygen atoms in total. The highest BCUT2D eigenvalue weighted by atomic mass is 32.1. The number of benzene rings is 4. The molecule has 1 aromatic heterocycles. The number of amides is 4. The van der Waals surface area contributed by atoms with Crippen molar-refractivity contribution in [3.8, 4) is 0 Å². The van der Waals surface area contributed by atoms with E-state index < -0.39 is 71.5 Å². The lowest BCUT2D eigenvalue weighted by Gasteiger charge is -2.38. The number of aryl methyl sites for hydroxylation is 1. The number of hydrogen-bond acceptors (Lipinski definition) is 9. The Kier molecular flexibility index (Phi) is 16.5. The highest BCUT2D eigenvalue weighted by molar-refractivity contribution is 7.80. The second-order valence-electron chi connectivity index (χ2n) is 16.0. The molecule has 0 bridgehead atoms. The molecule has 0 aliphatic heterocycles. The van der Waals surface area contributed by atoms with E-state index in [-0.39, 0.29) is 24.6 Å². The van der Waals surface area contributed by atoms with Crippen molar-refractivity contribution in [3.63, 3.8) is 0 Å². The summed E-state index contributed by atoms with van der Waals surface area (Å²) in [6.07, 6.45) is 0.581. The summed E-state index contributed by atoms with van der Waals surface area (Å²) < 4.78 is 0. The summed E-state index contributed by atoms with van der Waals surface area (Å²) in [4.78, 5) is 71.4.